The van der Waals surface area contributed by atoms with Gasteiger partial charge in [0.25, 0.3) is 0 Å². The molecule has 0 radical (unpaired) electrons. The fraction of sp³-hybridized carbons (Fsp3) is 0.588. The minimum atomic E-state index is -0.469. The number of hydrogen-bond donors (Lipinski definition) is 3. The van der Waals surface area contributed by atoms with Crippen LogP contribution >= 0.6 is 23.6 Å². The number of hydrogen-bond acceptors (Lipinski definition) is 12. The number of nitrogens with zero attached hydrogens (tertiary/aromatic N) is 5. The molecule has 2 aliphatic carbocycles. The van der Waals surface area contributed by atoms with Crippen LogP contribution in [-0.4, -0.2) is 95.2 Å². The van der Waals surface area contributed by atoms with Crippen LogP contribution in [0.1, 0.15) is 68.6 Å². The van der Waals surface area contributed by atoms with Gasteiger partial charge in [-0.3, -0.25) is 9.69 Å². The smallest absolute Gasteiger partial charge is 0.246 e. The summed E-state index contributed by atoms with van der Waals surface area (Å²) in [5.41, 5.74) is 20.9. The fourth-order valence-electron chi connectivity index (χ4n) is 7.62. The number of carbonyl (C=O) groups is 1. The van der Waals surface area contributed by atoms with Crippen LogP contribution in [0.25, 0.3) is 5.70 Å². The first-order valence-electron chi connectivity index (χ1n) is 16.6. The molecule has 1 spiro atoms. The molecule has 2 aromatic heterocycles. The summed E-state index contributed by atoms with van der Waals surface area (Å²) in [5.74, 6) is 1.60. The number of carbonyl (C=O) groups excluding carboxylic acids is 1. The Kier molecular flexibility index (Phi) is 9.54. The van der Waals surface area contributed by atoms with Crippen molar-refractivity contribution in [1.29, 1.82) is 0 Å². The molecule has 4 heterocycles. The summed E-state index contributed by atoms with van der Waals surface area (Å²) in [6, 6.07) is 2.22. The number of likely N-dealkylation sites (tertiary alicyclic amines) is 1. The number of aromatic nitrogens is 2. The quantitative estimate of drug-likeness (QED) is 0.248. The summed E-state index contributed by atoms with van der Waals surface area (Å²) >= 11 is 7.62. The maximum Gasteiger partial charge on any atom is 0.246 e. The van der Waals surface area contributed by atoms with Gasteiger partial charge >= 0.3 is 0 Å². The summed E-state index contributed by atoms with van der Waals surface area (Å²) in [6.07, 6.45) is 12.1. The Bertz CT molecular complexity index is 1590. The fourth-order valence-corrected chi connectivity index (χ4v) is 9.11. The molecular weight excluding hydrogens is 633 g/mol. The van der Waals surface area contributed by atoms with E-state index >= 15 is 0 Å². The number of nitrogens with two attached hydrogens (primary N) is 3. The lowest BCUT2D eigenvalue weighted by atomic mass is 9.71. The van der Waals surface area contributed by atoms with Gasteiger partial charge in [0.1, 0.15) is 16.9 Å². The van der Waals surface area contributed by atoms with Crippen molar-refractivity contribution in [2.75, 3.05) is 63.3 Å². The van der Waals surface area contributed by atoms with E-state index in [4.69, 9.17) is 48.9 Å². The van der Waals surface area contributed by atoms with Crippen LogP contribution in [0.3, 0.4) is 0 Å². The van der Waals surface area contributed by atoms with Crippen molar-refractivity contribution in [3.8, 4) is 5.88 Å². The molecule has 3 atom stereocenters. The van der Waals surface area contributed by atoms with Gasteiger partial charge in [-0.15, -0.1) is 11.3 Å². The molecule has 0 aromatic carbocycles. The maximum absolute atomic E-state index is 13.1. The monoisotopic (exact) mass is 680 g/mol. The summed E-state index contributed by atoms with van der Waals surface area (Å²) in [4.78, 5) is 31.3. The highest BCUT2D eigenvalue weighted by molar-refractivity contribution is 7.81. The second-order valence-electron chi connectivity index (χ2n) is 13.7. The highest BCUT2D eigenvalue weighted by atomic mass is 32.1. The third-order valence-electron chi connectivity index (χ3n) is 10.5. The van der Waals surface area contributed by atoms with E-state index in [0.717, 1.165) is 62.9 Å². The van der Waals surface area contributed by atoms with Crippen molar-refractivity contribution < 1.29 is 14.3 Å². The van der Waals surface area contributed by atoms with Crippen LogP contribution in [0.5, 0.6) is 5.88 Å². The number of amides is 1. The number of aryl methyl sites for hydroxylation is 1. The normalized spacial score (nSPS) is 24.9. The highest BCUT2D eigenvalue weighted by Gasteiger charge is 2.53. The Morgan fingerprint density at radius 1 is 1.21 bits per heavy atom. The predicted molar refractivity (Wildman–Crippen MR) is 193 cm³/mol. The van der Waals surface area contributed by atoms with E-state index in [0.29, 0.717) is 65.2 Å². The summed E-state index contributed by atoms with van der Waals surface area (Å²) in [7, 11) is 3.76. The number of thiocarbonyl (C=S) groups is 1. The molecule has 4 aliphatic rings. The third-order valence-corrected chi connectivity index (χ3v) is 12.1. The minimum Gasteiger partial charge on any atom is -0.473 e. The molecule has 2 aliphatic heterocycles. The Labute approximate surface area is 287 Å². The second-order valence-corrected chi connectivity index (χ2v) is 15.3. The average Bonchev–Trinajstić information content (AvgIpc) is 3.53. The standard InChI is InChI=1S/C34H48N8O3S2/c1-21(23-8-6-14-40(23)3)45-27-19-26(41-15-16-42(34(20-41)12-13-34)28(43)10-7-17-44-4)38-32(39-27)22(35)18-25(46)33(2)11-5-9-24-29(33)30(36)31(37)47-24/h7,10,18-19,21,23H,5-6,8-9,11-17,20,35-37H2,1-4H3/b10-7+,22-18-/t21-,23-,33+/m0/s1. The molecule has 1 amide bonds. The molecule has 6 N–H and O–H groups in total. The molecule has 11 nitrogen and oxygen atoms in total. The number of methoxy groups -OCH3 is 1. The number of thiophene rings is 1. The van der Waals surface area contributed by atoms with Gasteiger partial charge < -0.3 is 36.5 Å². The Hall–Kier alpha value is -3.26. The lowest BCUT2D eigenvalue weighted by Crippen LogP contribution is -2.57. The van der Waals surface area contributed by atoms with Crippen LogP contribution in [0.15, 0.2) is 24.3 Å². The third kappa shape index (κ3) is 6.59. The van der Waals surface area contributed by atoms with Gasteiger partial charge in [0.2, 0.25) is 11.8 Å². The average molecular weight is 681 g/mol. The number of ether oxygens (including phenoxy) is 2. The number of piperazine rings is 1. The topological polar surface area (TPSA) is 149 Å². The first-order chi connectivity index (χ1) is 22.5. The Morgan fingerprint density at radius 2 is 2.00 bits per heavy atom. The maximum atomic E-state index is 13.1. The summed E-state index contributed by atoms with van der Waals surface area (Å²) in [6.45, 7) is 7.59. The first kappa shape index (κ1) is 33.6. The van der Waals surface area contributed by atoms with Crippen molar-refractivity contribution in [2.24, 2.45) is 5.73 Å². The largest absolute Gasteiger partial charge is 0.473 e. The van der Waals surface area contributed by atoms with Crippen LogP contribution in [0.2, 0.25) is 0 Å². The predicted octanol–water partition coefficient (Wildman–Crippen LogP) is 3.91. The number of rotatable bonds is 10. The molecule has 2 saturated heterocycles. The molecule has 47 heavy (non-hydrogen) atoms. The number of nitrogen functional groups attached to an aromatic ring is 2. The van der Waals surface area contributed by atoms with Gasteiger partial charge in [0, 0.05) is 65.6 Å². The van der Waals surface area contributed by atoms with Gasteiger partial charge in [0.05, 0.1) is 23.5 Å². The van der Waals surface area contributed by atoms with Crippen molar-refractivity contribution in [2.45, 2.75) is 81.9 Å². The van der Waals surface area contributed by atoms with Crippen LogP contribution in [-0.2, 0) is 21.4 Å². The Morgan fingerprint density at radius 3 is 2.70 bits per heavy atom. The zero-order chi connectivity index (χ0) is 33.5. The number of fused-ring (bicyclic) bond motifs is 1. The van der Waals surface area contributed by atoms with E-state index in [1.165, 1.54) is 4.88 Å². The zero-order valence-corrected chi connectivity index (χ0v) is 29.6. The summed E-state index contributed by atoms with van der Waals surface area (Å²) in [5, 5.41) is 0.643. The van der Waals surface area contributed by atoms with Crippen molar-refractivity contribution in [1.82, 2.24) is 19.8 Å². The molecule has 254 valence electrons. The number of likely N-dealkylation sites (N-methyl/N-ethyl adjacent to an activating group) is 1. The van der Waals surface area contributed by atoms with Gasteiger partial charge in [-0.1, -0.05) is 25.2 Å². The van der Waals surface area contributed by atoms with Crippen molar-refractivity contribution in [3.05, 3.63) is 40.6 Å². The molecule has 2 aromatic rings. The Balaban J connectivity index is 1.30. The molecule has 0 unspecified atom stereocenters. The molecular formula is C34H48N8O3S2. The van der Waals surface area contributed by atoms with Crippen LogP contribution < -0.4 is 26.8 Å². The van der Waals surface area contributed by atoms with Crippen LogP contribution in [0.4, 0.5) is 16.5 Å². The van der Waals surface area contributed by atoms with Crippen molar-refractivity contribution in [3.63, 3.8) is 0 Å². The van der Waals surface area contributed by atoms with Gasteiger partial charge in [-0.05, 0) is 71.5 Å². The number of anilines is 3. The molecule has 0 bridgehead atoms. The van der Waals surface area contributed by atoms with E-state index in [1.54, 1.807) is 30.6 Å². The molecule has 1 saturated carbocycles. The van der Waals surface area contributed by atoms with Crippen molar-refractivity contribution >= 4 is 56.5 Å². The summed E-state index contributed by atoms with van der Waals surface area (Å²) < 4.78 is 11.6. The molecule has 6 rings (SSSR count). The van der Waals surface area contributed by atoms with Gasteiger partial charge in [0.15, 0.2) is 5.82 Å². The lowest BCUT2D eigenvalue weighted by molar-refractivity contribution is -0.129. The van der Waals surface area contributed by atoms with E-state index in [2.05, 4.69) is 30.7 Å². The van der Waals surface area contributed by atoms with Gasteiger partial charge in [-0.25, -0.2) is 4.98 Å². The second kappa shape index (κ2) is 13.3. The first-order valence-corrected chi connectivity index (χ1v) is 17.9. The van der Waals surface area contributed by atoms with Crippen LogP contribution in [0, 0.1) is 0 Å². The number of allylic oxidation sites excluding steroid dienone is 1. The van der Waals surface area contributed by atoms with E-state index in [-0.39, 0.29) is 17.6 Å². The van der Waals surface area contributed by atoms with Gasteiger partial charge in [-0.2, -0.15) is 4.98 Å². The molecule has 13 heteroatoms. The van der Waals surface area contributed by atoms with E-state index in [9.17, 15) is 4.79 Å². The SMILES string of the molecule is COC/C=C/C(=O)N1CCN(c2cc(O[C@@H](C)[C@@H]3CCCN3C)nc(/C(N)=C/C(=S)[C@@]3(C)CCCc4sc(N)c(N)c43)n2)CC12CC2. The molecule has 3 fully saturated rings. The highest BCUT2D eigenvalue weighted by Crippen LogP contribution is 2.49. The lowest BCUT2D eigenvalue weighted by Gasteiger charge is -2.42. The van der Waals surface area contributed by atoms with E-state index in [1.807, 2.05) is 17.0 Å². The van der Waals surface area contributed by atoms with E-state index < -0.39 is 5.41 Å². The zero-order valence-electron chi connectivity index (χ0n) is 28.0. The minimum absolute atomic E-state index is 0.0224.